The summed E-state index contributed by atoms with van der Waals surface area (Å²) in [6.07, 6.45) is -15.4. The molecule has 6 nitrogen and oxygen atoms in total. The quantitative estimate of drug-likeness (QED) is 0.345. The summed E-state index contributed by atoms with van der Waals surface area (Å²) >= 11 is 0. The Morgan fingerprint density at radius 3 is 2.33 bits per heavy atom. The summed E-state index contributed by atoms with van der Waals surface area (Å²) in [4.78, 5) is 8.98. The van der Waals surface area contributed by atoms with Crippen LogP contribution in [-0.2, 0) is 6.54 Å². The van der Waals surface area contributed by atoms with Crippen LogP contribution in [0, 0.1) is 6.92 Å². The van der Waals surface area contributed by atoms with Gasteiger partial charge >= 0.3 is 18.7 Å². The normalized spacial score (nSPS) is 12.9. The Morgan fingerprint density at radius 2 is 1.67 bits per heavy atom. The molecule has 13 heteroatoms. The molecule has 0 aliphatic rings. The number of anilines is 1. The highest BCUT2D eigenvalue weighted by Crippen LogP contribution is 2.29. The molecule has 0 fully saturated rings. The predicted molar refractivity (Wildman–Crippen MR) is 114 cm³/mol. The first-order valence-corrected chi connectivity index (χ1v) is 10.3. The molecule has 0 spiro atoms. The van der Waals surface area contributed by atoms with E-state index >= 15 is 0 Å². The topological polar surface area (TPSA) is 67.7 Å². The molecule has 0 radical (unpaired) electrons. The molecule has 36 heavy (non-hydrogen) atoms. The third-order valence-electron chi connectivity index (χ3n) is 4.66. The lowest BCUT2D eigenvalue weighted by Gasteiger charge is -2.27. The number of aromatic nitrogens is 2. The molecule has 194 valence electrons. The molecule has 0 aliphatic heterocycles. The average Bonchev–Trinajstić information content (AvgIpc) is 2.78. The number of hydrogen-bond donors (Lipinski definition) is 1. The first-order valence-electron chi connectivity index (χ1n) is 10.3. The molecule has 1 atom stereocenters. The number of benzene rings is 2. The molecule has 0 amide bonds. The van der Waals surface area contributed by atoms with Crippen molar-refractivity contribution in [3.8, 4) is 17.4 Å². The number of hydrogen-bond acceptors (Lipinski definition) is 6. The average molecular weight is 519 g/mol. The molecule has 3 aromatic rings. The smallest absolute Gasteiger partial charge is 0.439 e. The number of aliphatic hydroxyl groups excluding tert-OH is 1. The van der Waals surface area contributed by atoms with Gasteiger partial charge < -0.3 is 19.5 Å². The largest absolute Gasteiger partial charge is 0.461 e. The van der Waals surface area contributed by atoms with E-state index in [1.807, 2.05) is 13.0 Å². The first kappa shape index (κ1) is 27.0. The number of rotatable bonds is 10. The van der Waals surface area contributed by atoms with E-state index in [1.54, 1.807) is 18.2 Å². The first-order chi connectivity index (χ1) is 16.8. The minimum atomic E-state index is -4.97. The van der Waals surface area contributed by atoms with Crippen LogP contribution in [0.5, 0.6) is 17.4 Å². The van der Waals surface area contributed by atoms with Gasteiger partial charge in [0.25, 0.3) is 0 Å². The highest BCUT2D eigenvalue weighted by Gasteiger charge is 2.44. The zero-order chi connectivity index (χ0) is 26.5. The van der Waals surface area contributed by atoms with Crippen molar-refractivity contribution in [3.05, 3.63) is 71.9 Å². The van der Waals surface area contributed by atoms with E-state index in [1.165, 1.54) is 24.4 Å². The highest BCUT2D eigenvalue weighted by molar-refractivity contribution is 5.38. The summed E-state index contributed by atoms with van der Waals surface area (Å²) in [6, 6.07) is 12.7. The maximum absolute atomic E-state index is 13.3. The van der Waals surface area contributed by atoms with Crippen LogP contribution < -0.4 is 14.4 Å². The van der Waals surface area contributed by atoms with Crippen molar-refractivity contribution in [1.29, 1.82) is 0 Å². The van der Waals surface area contributed by atoms with Gasteiger partial charge in [-0.1, -0.05) is 24.3 Å². The number of aryl methyl sites for hydroxylation is 1. The van der Waals surface area contributed by atoms with Gasteiger partial charge in [0.2, 0.25) is 11.8 Å². The number of halogens is 7. The zero-order valence-electron chi connectivity index (χ0n) is 18.6. The van der Waals surface area contributed by atoms with Crippen LogP contribution in [0.25, 0.3) is 0 Å². The van der Waals surface area contributed by atoms with E-state index in [-0.39, 0.29) is 17.4 Å². The maximum atomic E-state index is 13.3. The Hall–Kier alpha value is -3.61. The predicted octanol–water partition coefficient (Wildman–Crippen LogP) is 5.74. The molecule has 1 aromatic heterocycles. The van der Waals surface area contributed by atoms with Gasteiger partial charge in [-0.05, 0) is 42.3 Å². The van der Waals surface area contributed by atoms with Gasteiger partial charge in [0.15, 0.2) is 6.10 Å². The van der Waals surface area contributed by atoms with Crippen LogP contribution in [0.4, 0.5) is 36.7 Å². The third-order valence-corrected chi connectivity index (χ3v) is 4.66. The second-order valence-electron chi connectivity index (χ2n) is 7.66. The summed E-state index contributed by atoms with van der Waals surface area (Å²) in [5, 5.41) is 9.64. The Kier molecular flexibility index (Phi) is 8.23. The van der Waals surface area contributed by atoms with Gasteiger partial charge in [0.1, 0.15) is 11.5 Å². The van der Waals surface area contributed by atoms with Gasteiger partial charge in [0.05, 0.1) is 6.54 Å². The minimum Gasteiger partial charge on any atom is -0.439 e. The molecular weight excluding hydrogens is 499 g/mol. The second kappa shape index (κ2) is 11.0. The Morgan fingerprint density at radius 1 is 0.972 bits per heavy atom. The van der Waals surface area contributed by atoms with Crippen molar-refractivity contribution in [2.75, 3.05) is 11.4 Å². The molecular formula is C23H20F7N3O3. The molecule has 0 unspecified atom stereocenters. The highest BCUT2D eigenvalue weighted by atomic mass is 19.4. The summed E-state index contributed by atoms with van der Waals surface area (Å²) in [7, 11) is 0. The molecule has 3 rings (SSSR count). The van der Waals surface area contributed by atoms with Gasteiger partial charge in [-0.15, -0.1) is 0 Å². The molecule has 0 aliphatic carbocycles. The van der Waals surface area contributed by atoms with E-state index in [2.05, 4.69) is 14.7 Å². The fourth-order valence-electron chi connectivity index (χ4n) is 3.00. The van der Waals surface area contributed by atoms with Crippen LogP contribution in [-0.4, -0.2) is 46.4 Å². The Bertz CT molecular complexity index is 1160. The van der Waals surface area contributed by atoms with E-state index in [0.717, 1.165) is 22.6 Å². The fraction of sp³-hybridized carbons (Fsp3) is 0.304. The van der Waals surface area contributed by atoms with Gasteiger partial charge in [-0.2, -0.15) is 35.7 Å². The molecule has 0 bridgehead atoms. The van der Waals surface area contributed by atoms with Gasteiger partial charge in [0, 0.05) is 18.8 Å². The molecule has 2 aromatic carbocycles. The van der Waals surface area contributed by atoms with Crippen molar-refractivity contribution >= 4 is 5.95 Å². The van der Waals surface area contributed by atoms with Crippen LogP contribution in [0.15, 0.2) is 60.8 Å². The fourth-order valence-corrected chi connectivity index (χ4v) is 3.00. The maximum Gasteiger partial charge on any atom is 0.461 e. The van der Waals surface area contributed by atoms with E-state index in [9.17, 15) is 35.8 Å². The van der Waals surface area contributed by atoms with Crippen LogP contribution in [0.1, 0.15) is 11.1 Å². The molecule has 1 N–H and O–H groups in total. The lowest BCUT2D eigenvalue weighted by molar-refractivity contribution is -0.253. The number of aliphatic hydroxyl groups is 1. The SMILES string of the molecule is Cc1cccc(Oc2ccnc(N(Cc3cccc(OC(F)(F)C(F)F)c3)C[C@@H](O)C(F)(F)F)n2)c1. The van der Waals surface area contributed by atoms with Crippen LogP contribution in [0.2, 0.25) is 0 Å². The zero-order valence-corrected chi connectivity index (χ0v) is 18.6. The van der Waals surface area contributed by atoms with Crippen LogP contribution >= 0.6 is 0 Å². The lowest BCUT2D eigenvalue weighted by atomic mass is 10.2. The summed E-state index contributed by atoms with van der Waals surface area (Å²) in [5.41, 5.74) is 0.983. The third kappa shape index (κ3) is 7.44. The number of nitrogens with zero attached hydrogens (tertiary/aromatic N) is 3. The van der Waals surface area contributed by atoms with Gasteiger partial charge in [-0.25, -0.2) is 4.98 Å². The molecule has 0 saturated heterocycles. The van der Waals surface area contributed by atoms with Crippen molar-refractivity contribution in [2.24, 2.45) is 0 Å². The monoisotopic (exact) mass is 519 g/mol. The van der Waals surface area contributed by atoms with Gasteiger partial charge in [-0.3, -0.25) is 0 Å². The molecule has 0 saturated carbocycles. The standard InChI is InChI=1S/C23H20F7N3O3/c1-14-4-2-6-16(10-14)35-19-8-9-31-21(32-19)33(13-18(34)22(26,27)28)12-15-5-3-7-17(11-15)36-23(29,30)20(24)25/h2-11,18,20,34H,12-13H2,1H3/t18-/m1/s1. The van der Waals surface area contributed by atoms with Crippen LogP contribution in [0.3, 0.4) is 0 Å². The number of ether oxygens (including phenoxy) is 2. The van der Waals surface area contributed by atoms with Crippen molar-refractivity contribution in [1.82, 2.24) is 9.97 Å². The van der Waals surface area contributed by atoms with E-state index in [4.69, 9.17) is 4.74 Å². The van der Waals surface area contributed by atoms with E-state index in [0.29, 0.717) is 5.75 Å². The van der Waals surface area contributed by atoms with Crippen molar-refractivity contribution < 1.29 is 45.3 Å². The Labute approximate surface area is 200 Å². The van der Waals surface area contributed by atoms with Crippen molar-refractivity contribution in [2.45, 2.75) is 38.3 Å². The lowest BCUT2D eigenvalue weighted by Crippen LogP contribution is -2.41. The van der Waals surface area contributed by atoms with E-state index < -0.39 is 43.7 Å². The summed E-state index contributed by atoms with van der Waals surface area (Å²) in [5.74, 6) is -0.503. The second-order valence-corrected chi connectivity index (χ2v) is 7.66. The summed E-state index contributed by atoms with van der Waals surface area (Å²) < 4.78 is 100. The van der Waals surface area contributed by atoms with Crippen molar-refractivity contribution in [3.63, 3.8) is 0 Å². The Balaban J connectivity index is 1.88. The minimum absolute atomic E-state index is 0.00856. The molecule has 1 heterocycles. The summed E-state index contributed by atoms with van der Waals surface area (Å²) in [6.45, 7) is 0.391. The number of alkyl halides is 7.